The average Bonchev–Trinajstić information content (AvgIpc) is 2.82. The zero-order valence-electron chi connectivity index (χ0n) is 14.2. The molecular formula is C18H22BrN3O3. The monoisotopic (exact) mass is 407 g/mol. The molecule has 1 spiro atoms. The van der Waals surface area contributed by atoms with E-state index in [0.29, 0.717) is 24.4 Å². The number of imide groups is 1. The molecular weight excluding hydrogens is 386 g/mol. The normalized spacial score (nSPS) is 26.0. The van der Waals surface area contributed by atoms with Crippen molar-refractivity contribution in [3.8, 4) is 0 Å². The molecule has 2 N–H and O–H groups in total. The summed E-state index contributed by atoms with van der Waals surface area (Å²) in [7, 11) is 0. The molecule has 0 bridgehead atoms. The fourth-order valence-corrected chi connectivity index (χ4v) is 3.88. The van der Waals surface area contributed by atoms with Gasteiger partial charge in [-0.3, -0.25) is 14.5 Å². The highest BCUT2D eigenvalue weighted by Crippen LogP contribution is 2.37. The number of nitrogens with one attached hydrogen (secondary N) is 2. The third-order valence-corrected chi connectivity index (χ3v) is 5.74. The summed E-state index contributed by atoms with van der Waals surface area (Å²) in [4.78, 5) is 38.3. The number of hydrogen-bond acceptors (Lipinski definition) is 3. The molecule has 1 aliphatic carbocycles. The Morgan fingerprint density at radius 2 is 1.92 bits per heavy atom. The van der Waals surface area contributed by atoms with Gasteiger partial charge in [0.25, 0.3) is 5.91 Å². The summed E-state index contributed by atoms with van der Waals surface area (Å²) >= 11 is 3.33. The van der Waals surface area contributed by atoms with Gasteiger partial charge in [-0.05, 0) is 55.9 Å². The van der Waals surface area contributed by atoms with E-state index in [-0.39, 0.29) is 18.4 Å². The lowest BCUT2D eigenvalue weighted by Gasteiger charge is -2.34. The lowest BCUT2D eigenvalue weighted by Crippen LogP contribution is -2.49. The maximum Gasteiger partial charge on any atom is 0.325 e. The smallest absolute Gasteiger partial charge is 0.325 e. The Hall–Kier alpha value is -1.89. The third kappa shape index (κ3) is 3.71. The molecule has 1 saturated carbocycles. The van der Waals surface area contributed by atoms with Gasteiger partial charge in [-0.2, -0.15) is 0 Å². The van der Waals surface area contributed by atoms with Crippen LogP contribution >= 0.6 is 15.9 Å². The molecule has 6 nitrogen and oxygen atoms in total. The largest absolute Gasteiger partial charge is 0.325 e. The summed E-state index contributed by atoms with van der Waals surface area (Å²) in [5.74, 6) is -0.0341. The molecule has 134 valence electrons. The van der Waals surface area contributed by atoms with Gasteiger partial charge in [-0.1, -0.05) is 29.3 Å². The van der Waals surface area contributed by atoms with Crippen molar-refractivity contribution in [1.82, 2.24) is 10.2 Å². The van der Waals surface area contributed by atoms with Crippen LogP contribution in [-0.4, -0.2) is 34.8 Å². The summed E-state index contributed by atoms with van der Waals surface area (Å²) < 4.78 is 0.907. The van der Waals surface area contributed by atoms with Gasteiger partial charge < -0.3 is 10.6 Å². The first-order valence-electron chi connectivity index (χ1n) is 8.63. The Balaban J connectivity index is 1.63. The molecule has 25 heavy (non-hydrogen) atoms. The van der Waals surface area contributed by atoms with Crippen LogP contribution in [0.3, 0.4) is 0 Å². The van der Waals surface area contributed by atoms with Crippen LogP contribution in [0.1, 0.15) is 39.0 Å². The number of amides is 4. The van der Waals surface area contributed by atoms with Crippen molar-refractivity contribution in [3.63, 3.8) is 0 Å². The second-order valence-corrected chi connectivity index (χ2v) is 7.73. The molecule has 3 rings (SSSR count). The molecule has 0 atom stereocenters. The number of carbonyl (C=O) groups excluding carboxylic acids is 3. The maximum atomic E-state index is 12.8. The van der Waals surface area contributed by atoms with E-state index >= 15 is 0 Å². The van der Waals surface area contributed by atoms with Crippen LogP contribution < -0.4 is 10.6 Å². The summed E-state index contributed by atoms with van der Waals surface area (Å²) in [6, 6.07) is 6.66. The molecule has 0 radical (unpaired) electrons. The van der Waals surface area contributed by atoms with E-state index in [4.69, 9.17) is 0 Å². The molecule has 2 fully saturated rings. The first kappa shape index (κ1) is 17.9. The second kappa shape index (κ2) is 7.15. The zero-order valence-corrected chi connectivity index (χ0v) is 15.8. The van der Waals surface area contributed by atoms with Crippen LogP contribution in [0.2, 0.25) is 0 Å². The molecule has 1 aromatic rings. The highest BCUT2D eigenvalue weighted by molar-refractivity contribution is 9.10. The Morgan fingerprint density at radius 3 is 2.52 bits per heavy atom. The van der Waals surface area contributed by atoms with Crippen molar-refractivity contribution in [2.75, 3.05) is 11.9 Å². The van der Waals surface area contributed by atoms with E-state index in [1.807, 2.05) is 12.1 Å². The Morgan fingerprint density at radius 1 is 1.28 bits per heavy atom. The van der Waals surface area contributed by atoms with Crippen LogP contribution in [0.5, 0.6) is 0 Å². The van der Waals surface area contributed by atoms with Crippen LogP contribution in [0, 0.1) is 5.92 Å². The standard InChI is InChI=1S/C18H22BrN3O3/c1-2-12-7-9-18(10-8-12)16(24)22(17(25)21-18)11-15(23)20-14-5-3-13(19)4-6-14/h3-6,12H,2,7-11H2,1H3,(H,20,23)(H,21,25). The number of urea groups is 1. The van der Waals surface area contributed by atoms with Gasteiger partial charge >= 0.3 is 6.03 Å². The fourth-order valence-electron chi connectivity index (χ4n) is 3.61. The first-order chi connectivity index (χ1) is 11.9. The van der Waals surface area contributed by atoms with Gasteiger partial charge in [0.15, 0.2) is 0 Å². The van der Waals surface area contributed by atoms with E-state index in [1.165, 1.54) is 0 Å². The Kier molecular flexibility index (Phi) is 5.13. The van der Waals surface area contributed by atoms with E-state index in [0.717, 1.165) is 28.6 Å². The molecule has 1 saturated heterocycles. The van der Waals surface area contributed by atoms with Crippen molar-refractivity contribution in [2.24, 2.45) is 5.92 Å². The van der Waals surface area contributed by atoms with Crippen molar-refractivity contribution >= 4 is 39.5 Å². The van der Waals surface area contributed by atoms with Crippen molar-refractivity contribution in [1.29, 1.82) is 0 Å². The highest BCUT2D eigenvalue weighted by atomic mass is 79.9. The average molecular weight is 408 g/mol. The number of hydrogen-bond donors (Lipinski definition) is 2. The minimum Gasteiger partial charge on any atom is -0.325 e. The third-order valence-electron chi connectivity index (χ3n) is 5.21. The molecule has 0 unspecified atom stereocenters. The van der Waals surface area contributed by atoms with Gasteiger partial charge in [0.1, 0.15) is 12.1 Å². The topological polar surface area (TPSA) is 78.5 Å². The maximum absolute atomic E-state index is 12.8. The van der Waals surface area contributed by atoms with Crippen LogP contribution in [-0.2, 0) is 9.59 Å². The van der Waals surface area contributed by atoms with Gasteiger partial charge in [0.2, 0.25) is 5.91 Å². The van der Waals surface area contributed by atoms with E-state index in [2.05, 4.69) is 33.5 Å². The summed E-state index contributed by atoms with van der Waals surface area (Å²) in [5.41, 5.74) is -0.181. The first-order valence-corrected chi connectivity index (χ1v) is 9.42. The Labute approximate surface area is 155 Å². The van der Waals surface area contributed by atoms with Gasteiger partial charge in [0, 0.05) is 10.2 Å². The van der Waals surface area contributed by atoms with Crippen molar-refractivity contribution < 1.29 is 14.4 Å². The lowest BCUT2D eigenvalue weighted by atomic mass is 9.75. The summed E-state index contributed by atoms with van der Waals surface area (Å²) in [5, 5.41) is 5.55. The van der Waals surface area contributed by atoms with E-state index in [1.54, 1.807) is 12.1 Å². The Bertz CT molecular complexity index is 681. The number of benzene rings is 1. The van der Waals surface area contributed by atoms with Crippen LogP contribution in [0.25, 0.3) is 0 Å². The number of carbonyl (C=O) groups is 3. The minimum atomic E-state index is -0.805. The number of anilines is 1. The van der Waals surface area contributed by atoms with Gasteiger partial charge in [0.05, 0.1) is 0 Å². The lowest BCUT2D eigenvalue weighted by molar-refractivity contribution is -0.135. The SMILES string of the molecule is CCC1CCC2(CC1)NC(=O)N(CC(=O)Nc1ccc(Br)cc1)C2=O. The molecule has 7 heteroatoms. The molecule has 1 aliphatic heterocycles. The van der Waals surface area contributed by atoms with Crippen LogP contribution in [0.4, 0.5) is 10.5 Å². The molecule has 2 aliphatic rings. The van der Waals surface area contributed by atoms with E-state index < -0.39 is 11.6 Å². The number of nitrogens with zero attached hydrogens (tertiary/aromatic N) is 1. The highest BCUT2D eigenvalue weighted by Gasteiger charge is 2.52. The summed E-state index contributed by atoms with van der Waals surface area (Å²) in [6.45, 7) is 1.89. The second-order valence-electron chi connectivity index (χ2n) is 6.81. The molecule has 4 amide bonds. The van der Waals surface area contributed by atoms with E-state index in [9.17, 15) is 14.4 Å². The van der Waals surface area contributed by atoms with Crippen molar-refractivity contribution in [2.45, 2.75) is 44.6 Å². The van der Waals surface area contributed by atoms with Gasteiger partial charge in [-0.15, -0.1) is 0 Å². The fraction of sp³-hybridized carbons (Fsp3) is 0.500. The number of rotatable bonds is 4. The molecule has 1 aromatic carbocycles. The quantitative estimate of drug-likeness (QED) is 0.751. The predicted molar refractivity (Wildman–Crippen MR) is 98.0 cm³/mol. The van der Waals surface area contributed by atoms with Gasteiger partial charge in [-0.25, -0.2) is 4.79 Å². The number of halogens is 1. The molecule has 0 aromatic heterocycles. The molecule has 1 heterocycles. The zero-order chi connectivity index (χ0) is 18.0. The minimum absolute atomic E-state index is 0.264. The summed E-state index contributed by atoms with van der Waals surface area (Å²) in [6.07, 6.45) is 4.27. The van der Waals surface area contributed by atoms with Crippen molar-refractivity contribution in [3.05, 3.63) is 28.7 Å². The van der Waals surface area contributed by atoms with Crippen LogP contribution in [0.15, 0.2) is 28.7 Å². The predicted octanol–water partition coefficient (Wildman–Crippen LogP) is 3.28.